The van der Waals surface area contributed by atoms with Crippen LogP contribution in [0.1, 0.15) is 21.5 Å². The second-order valence-corrected chi connectivity index (χ2v) is 9.07. The Morgan fingerprint density at radius 1 is 1.03 bits per heavy atom. The number of nitrogens with zero attached hydrogens (tertiary/aromatic N) is 5. The summed E-state index contributed by atoms with van der Waals surface area (Å²) >= 11 is 0. The van der Waals surface area contributed by atoms with Crippen molar-refractivity contribution in [3.05, 3.63) is 99.2 Å². The molecule has 0 bridgehead atoms. The molecule has 1 aliphatic rings. The van der Waals surface area contributed by atoms with Crippen LogP contribution in [0.15, 0.2) is 60.8 Å². The topological polar surface area (TPSA) is 96.5 Å². The van der Waals surface area contributed by atoms with Gasteiger partial charge in [0.05, 0.1) is 16.6 Å². The maximum Gasteiger partial charge on any atom is 0.305 e. The Morgan fingerprint density at radius 3 is 2.46 bits per heavy atom. The zero-order valence-corrected chi connectivity index (χ0v) is 20.0. The highest BCUT2D eigenvalue weighted by Gasteiger charge is 2.29. The summed E-state index contributed by atoms with van der Waals surface area (Å²) in [4.78, 5) is 30.0. The third kappa shape index (κ3) is 5.12. The molecule has 1 saturated heterocycles. The summed E-state index contributed by atoms with van der Waals surface area (Å²) in [5.41, 5.74) is 4.61. The number of para-hydroxylation sites is 1. The van der Waals surface area contributed by atoms with E-state index in [1.54, 1.807) is 30.5 Å². The zero-order chi connectivity index (χ0) is 26.1. The summed E-state index contributed by atoms with van der Waals surface area (Å²) in [6.45, 7) is 2.78. The van der Waals surface area contributed by atoms with E-state index >= 15 is 0 Å². The van der Waals surface area contributed by atoms with E-state index in [-0.39, 0.29) is 11.3 Å². The number of likely N-dealkylation sites (N-methyl/N-ethyl adjacent to an activating group) is 1. The average Bonchev–Trinajstić information content (AvgIpc) is 3.25. The number of rotatable bonds is 6. The Kier molecular flexibility index (Phi) is 6.53. The molecule has 1 N–H and O–H groups in total. The smallest absolute Gasteiger partial charge is 0.305 e. The Labute approximate surface area is 211 Å². The minimum atomic E-state index is -0.660. The fourth-order valence-electron chi connectivity index (χ4n) is 4.60. The van der Waals surface area contributed by atoms with Crippen LogP contribution < -0.4 is 10.3 Å². The van der Waals surface area contributed by atoms with Crippen LogP contribution in [0.25, 0.3) is 10.9 Å². The fourth-order valence-corrected chi connectivity index (χ4v) is 4.60. The molecule has 1 aliphatic heterocycles. The van der Waals surface area contributed by atoms with Crippen LogP contribution in [0.2, 0.25) is 0 Å². The summed E-state index contributed by atoms with van der Waals surface area (Å²) in [5, 5.41) is 16.9. The number of amides is 1. The normalized spacial score (nSPS) is 14.2. The van der Waals surface area contributed by atoms with Crippen molar-refractivity contribution in [3.8, 4) is 0 Å². The summed E-state index contributed by atoms with van der Waals surface area (Å²) in [6, 6.07) is 13.4. The molecule has 190 valence electrons. The van der Waals surface area contributed by atoms with Crippen molar-refractivity contribution in [2.45, 2.75) is 6.42 Å². The molecule has 37 heavy (non-hydrogen) atoms. The third-order valence-electron chi connectivity index (χ3n) is 6.46. The van der Waals surface area contributed by atoms with Crippen molar-refractivity contribution in [2.24, 2.45) is 0 Å². The lowest BCUT2D eigenvalue weighted by molar-refractivity contribution is -0.384. The van der Waals surface area contributed by atoms with Gasteiger partial charge in [0.25, 0.3) is 5.91 Å². The molecule has 0 unspecified atom stereocenters. The number of hydrogen-bond donors (Lipinski definition) is 1. The van der Waals surface area contributed by atoms with Crippen LogP contribution in [0.5, 0.6) is 0 Å². The number of aromatic nitrogens is 2. The molecule has 11 heteroatoms. The molecule has 1 amide bonds. The first-order valence-corrected chi connectivity index (χ1v) is 11.7. The largest absolute Gasteiger partial charge is 0.363 e. The predicted molar refractivity (Wildman–Crippen MR) is 135 cm³/mol. The van der Waals surface area contributed by atoms with E-state index in [0.717, 1.165) is 24.7 Å². The van der Waals surface area contributed by atoms with E-state index in [0.29, 0.717) is 41.7 Å². The fraction of sp³-hybridized carbons (Fsp3) is 0.231. The number of fused-ring (bicyclic) bond motifs is 1. The van der Waals surface area contributed by atoms with E-state index in [9.17, 15) is 23.7 Å². The number of piperazine rings is 1. The molecule has 1 aromatic heterocycles. The first-order valence-electron chi connectivity index (χ1n) is 11.7. The summed E-state index contributed by atoms with van der Waals surface area (Å²) in [7, 11) is 1.99. The molecule has 0 aliphatic carbocycles. The molecule has 0 radical (unpaired) electrons. The monoisotopic (exact) mass is 506 g/mol. The number of nitro benzene ring substituents is 1. The predicted octanol–water partition coefficient (Wildman–Crippen LogP) is 3.95. The van der Waals surface area contributed by atoms with Gasteiger partial charge in [0.1, 0.15) is 22.9 Å². The number of halogens is 2. The minimum Gasteiger partial charge on any atom is -0.363 e. The Balaban J connectivity index is 1.39. The van der Waals surface area contributed by atoms with Gasteiger partial charge >= 0.3 is 5.69 Å². The van der Waals surface area contributed by atoms with Gasteiger partial charge in [0.15, 0.2) is 0 Å². The maximum atomic E-state index is 13.5. The van der Waals surface area contributed by atoms with Crippen molar-refractivity contribution in [3.63, 3.8) is 0 Å². The van der Waals surface area contributed by atoms with Crippen LogP contribution in [0.3, 0.4) is 0 Å². The number of carbonyl (C=O) groups excluding carboxylic acids is 1. The van der Waals surface area contributed by atoms with Crippen LogP contribution in [0.4, 0.5) is 20.2 Å². The minimum absolute atomic E-state index is 0.0603. The molecule has 0 saturated carbocycles. The van der Waals surface area contributed by atoms with Gasteiger partial charge in [-0.1, -0.05) is 12.1 Å². The number of anilines is 1. The summed E-state index contributed by atoms with van der Waals surface area (Å²) < 4.78 is 27.1. The van der Waals surface area contributed by atoms with Gasteiger partial charge in [-0.2, -0.15) is 9.89 Å². The lowest BCUT2D eigenvalue weighted by Crippen LogP contribution is -2.44. The lowest BCUT2D eigenvalue weighted by Gasteiger charge is -2.33. The summed E-state index contributed by atoms with van der Waals surface area (Å²) in [5.74, 6) is -1.94. The number of benzene rings is 3. The SMILES string of the molecule is CN1CCN(c2cccc(C(=O)Nn3ncc4cc(Cc5cc(F)cc(F)c5)ccc43)c2[N+](=O)[O-])CC1. The summed E-state index contributed by atoms with van der Waals surface area (Å²) in [6.07, 6.45) is 1.85. The Bertz CT molecular complexity index is 1480. The van der Waals surface area contributed by atoms with E-state index in [2.05, 4.69) is 15.4 Å². The van der Waals surface area contributed by atoms with E-state index in [1.165, 1.54) is 23.0 Å². The molecule has 5 rings (SSSR count). The third-order valence-corrected chi connectivity index (χ3v) is 6.46. The zero-order valence-electron chi connectivity index (χ0n) is 20.0. The standard InChI is InChI=1S/C26H24F2N6O3/c1-31-7-9-32(10-8-31)24-4-2-3-22(25(24)34(36)37)26(35)30-33-23-6-5-17(12-19(23)16-29-33)11-18-13-20(27)15-21(28)14-18/h2-6,12-16H,7-11H2,1H3,(H,30,35). The van der Waals surface area contributed by atoms with Crippen LogP contribution in [-0.2, 0) is 6.42 Å². The highest BCUT2D eigenvalue weighted by atomic mass is 19.1. The first kappa shape index (κ1) is 24.3. The Hall–Kier alpha value is -4.38. The molecule has 4 aromatic rings. The first-order chi connectivity index (χ1) is 17.8. The number of carbonyl (C=O) groups is 1. The van der Waals surface area contributed by atoms with Crippen LogP contribution in [0, 0.1) is 21.7 Å². The van der Waals surface area contributed by atoms with Crippen LogP contribution >= 0.6 is 0 Å². The van der Waals surface area contributed by atoms with E-state index < -0.39 is 22.5 Å². The van der Waals surface area contributed by atoms with Gasteiger partial charge in [0.2, 0.25) is 0 Å². The highest BCUT2D eigenvalue weighted by Crippen LogP contribution is 2.32. The van der Waals surface area contributed by atoms with Gasteiger partial charge in [-0.3, -0.25) is 14.9 Å². The molecule has 0 spiro atoms. The lowest BCUT2D eigenvalue weighted by atomic mass is 10.0. The molecule has 9 nitrogen and oxygen atoms in total. The number of nitrogens with one attached hydrogen (secondary N) is 1. The molecule has 0 atom stereocenters. The van der Waals surface area contributed by atoms with Crippen molar-refractivity contribution >= 4 is 28.2 Å². The van der Waals surface area contributed by atoms with Gasteiger partial charge in [-0.05, 0) is 61.0 Å². The Morgan fingerprint density at radius 2 is 1.76 bits per heavy atom. The second kappa shape index (κ2) is 9.94. The molecule has 3 aromatic carbocycles. The second-order valence-electron chi connectivity index (χ2n) is 9.07. The van der Waals surface area contributed by atoms with Gasteiger partial charge in [-0.15, -0.1) is 0 Å². The van der Waals surface area contributed by atoms with E-state index in [4.69, 9.17) is 0 Å². The number of nitro groups is 1. The average molecular weight is 507 g/mol. The molecule has 2 heterocycles. The quantitative estimate of drug-likeness (QED) is 0.314. The molecular weight excluding hydrogens is 482 g/mol. The van der Waals surface area contributed by atoms with Crippen molar-refractivity contribution in [1.29, 1.82) is 0 Å². The van der Waals surface area contributed by atoms with Crippen LogP contribution in [-0.4, -0.2) is 58.8 Å². The van der Waals surface area contributed by atoms with Crippen molar-refractivity contribution in [2.75, 3.05) is 43.6 Å². The van der Waals surface area contributed by atoms with E-state index in [1.807, 2.05) is 18.0 Å². The molecule has 1 fully saturated rings. The van der Waals surface area contributed by atoms with Gasteiger partial charge < -0.3 is 9.80 Å². The van der Waals surface area contributed by atoms with Gasteiger partial charge in [-0.25, -0.2) is 14.2 Å². The van der Waals surface area contributed by atoms with Crippen molar-refractivity contribution in [1.82, 2.24) is 14.8 Å². The molecular formula is C26H24F2N6O3. The maximum absolute atomic E-state index is 13.5. The van der Waals surface area contributed by atoms with Crippen molar-refractivity contribution < 1.29 is 18.5 Å². The van der Waals surface area contributed by atoms with Gasteiger partial charge in [0, 0.05) is 37.6 Å². The highest BCUT2D eigenvalue weighted by molar-refractivity contribution is 6.05. The number of hydrogen-bond acceptors (Lipinski definition) is 6.